The fourth-order valence-corrected chi connectivity index (χ4v) is 3.93. The van der Waals surface area contributed by atoms with Crippen LogP contribution in [0.25, 0.3) is 22.2 Å². The number of ether oxygens (including phenoxy) is 1. The van der Waals surface area contributed by atoms with Crippen molar-refractivity contribution in [3.8, 4) is 17.1 Å². The minimum absolute atomic E-state index is 0.0498. The average molecular weight is 416 g/mol. The van der Waals surface area contributed by atoms with Crippen LogP contribution >= 0.6 is 0 Å². The number of benzene rings is 2. The summed E-state index contributed by atoms with van der Waals surface area (Å²) in [5.41, 5.74) is 2.60. The monoisotopic (exact) mass is 416 g/mol. The molecule has 1 aliphatic rings. The molecule has 158 valence electrons. The van der Waals surface area contributed by atoms with Crippen LogP contribution in [0.1, 0.15) is 16.4 Å². The number of carbonyl (C=O) groups excluding carboxylic acids is 1. The van der Waals surface area contributed by atoms with Crippen molar-refractivity contribution in [3.05, 3.63) is 72.4 Å². The summed E-state index contributed by atoms with van der Waals surface area (Å²) in [5.74, 6) is 2.28. The van der Waals surface area contributed by atoms with Gasteiger partial charge in [-0.05, 0) is 36.4 Å². The molecule has 7 nitrogen and oxygen atoms in total. The molecular weight excluding hydrogens is 392 g/mol. The minimum Gasteiger partial charge on any atom is -0.497 e. The maximum absolute atomic E-state index is 12.9. The first-order valence-corrected chi connectivity index (χ1v) is 10.4. The van der Waals surface area contributed by atoms with Crippen molar-refractivity contribution in [2.75, 3.05) is 33.3 Å². The average Bonchev–Trinajstić information content (AvgIpc) is 3.46. The largest absolute Gasteiger partial charge is 0.497 e. The summed E-state index contributed by atoms with van der Waals surface area (Å²) in [6, 6.07) is 17.6. The highest BCUT2D eigenvalue weighted by molar-refractivity contribution is 5.98. The van der Waals surface area contributed by atoms with Gasteiger partial charge in [0.15, 0.2) is 5.76 Å². The summed E-state index contributed by atoms with van der Waals surface area (Å²) >= 11 is 0. The van der Waals surface area contributed by atoms with Crippen LogP contribution in [-0.2, 0) is 6.54 Å². The van der Waals surface area contributed by atoms with E-state index in [4.69, 9.17) is 9.15 Å². The molecule has 1 amide bonds. The summed E-state index contributed by atoms with van der Waals surface area (Å²) in [7, 11) is 1.65. The molecule has 3 heterocycles. The highest BCUT2D eigenvalue weighted by Gasteiger charge is 2.24. The fourth-order valence-electron chi connectivity index (χ4n) is 3.93. The van der Waals surface area contributed by atoms with Crippen LogP contribution in [0, 0.1) is 0 Å². The van der Waals surface area contributed by atoms with Crippen LogP contribution in [0.4, 0.5) is 0 Å². The van der Waals surface area contributed by atoms with E-state index in [-0.39, 0.29) is 5.91 Å². The van der Waals surface area contributed by atoms with Gasteiger partial charge in [-0.1, -0.05) is 18.2 Å². The number of fused-ring (bicyclic) bond motifs is 1. The molecule has 2 aromatic heterocycles. The van der Waals surface area contributed by atoms with Gasteiger partial charge >= 0.3 is 0 Å². The summed E-state index contributed by atoms with van der Waals surface area (Å²) in [5, 5.41) is 1.06. The number of para-hydroxylation sites is 1. The van der Waals surface area contributed by atoms with Gasteiger partial charge in [-0.25, -0.2) is 4.98 Å². The Morgan fingerprint density at radius 3 is 2.61 bits per heavy atom. The molecule has 0 radical (unpaired) electrons. The molecule has 1 fully saturated rings. The number of piperazine rings is 1. The lowest BCUT2D eigenvalue weighted by molar-refractivity contribution is 0.0613. The van der Waals surface area contributed by atoms with Crippen molar-refractivity contribution in [1.29, 1.82) is 0 Å². The second-order valence-corrected chi connectivity index (χ2v) is 7.69. The molecule has 4 aromatic rings. The Kier molecular flexibility index (Phi) is 5.18. The summed E-state index contributed by atoms with van der Waals surface area (Å²) < 4.78 is 11.1. The zero-order valence-corrected chi connectivity index (χ0v) is 17.4. The molecule has 7 heteroatoms. The number of rotatable bonds is 5. The van der Waals surface area contributed by atoms with Gasteiger partial charge in [0.05, 0.1) is 19.9 Å². The molecule has 0 bridgehead atoms. The number of nitrogens with zero attached hydrogens (tertiary/aromatic N) is 3. The number of aromatic amines is 1. The van der Waals surface area contributed by atoms with E-state index in [1.807, 2.05) is 59.5 Å². The lowest BCUT2D eigenvalue weighted by atomic mass is 10.2. The number of amides is 1. The second kappa shape index (κ2) is 8.28. The van der Waals surface area contributed by atoms with E-state index < -0.39 is 0 Å². The number of nitrogens with one attached hydrogen (secondary N) is 1. The Labute approximate surface area is 180 Å². The molecule has 0 unspecified atom stereocenters. The molecule has 1 saturated heterocycles. The van der Waals surface area contributed by atoms with Crippen LogP contribution in [0.15, 0.2) is 65.2 Å². The topological polar surface area (TPSA) is 74.6 Å². The van der Waals surface area contributed by atoms with Crippen LogP contribution in [0.5, 0.6) is 5.75 Å². The first-order chi connectivity index (χ1) is 15.2. The molecule has 1 N–H and O–H groups in total. The van der Waals surface area contributed by atoms with Gasteiger partial charge in [-0.15, -0.1) is 0 Å². The van der Waals surface area contributed by atoms with E-state index in [0.717, 1.165) is 41.1 Å². The Morgan fingerprint density at radius 2 is 1.87 bits per heavy atom. The molecule has 31 heavy (non-hydrogen) atoms. The van der Waals surface area contributed by atoms with Gasteiger partial charge < -0.3 is 19.0 Å². The lowest BCUT2D eigenvalue weighted by Gasteiger charge is -2.33. The number of hydrogen-bond acceptors (Lipinski definition) is 5. The van der Waals surface area contributed by atoms with E-state index >= 15 is 0 Å². The third kappa shape index (κ3) is 4.04. The Hall–Kier alpha value is -3.58. The van der Waals surface area contributed by atoms with Crippen LogP contribution in [0.2, 0.25) is 0 Å². The number of H-pyrrole nitrogens is 1. The highest BCUT2D eigenvalue weighted by atomic mass is 16.5. The molecule has 5 rings (SSSR count). The van der Waals surface area contributed by atoms with Crippen molar-refractivity contribution in [3.63, 3.8) is 0 Å². The standard InChI is InChI=1S/C24H24N4O3/c1-30-19-8-6-17(7-9-19)22-15-25-23(31-22)16-27-10-12-28(13-11-27)24(29)21-14-18-4-2-3-5-20(18)26-21/h2-9,14-15,26H,10-13,16H2,1H3. The van der Waals surface area contributed by atoms with Crippen molar-refractivity contribution in [2.24, 2.45) is 0 Å². The van der Waals surface area contributed by atoms with Crippen LogP contribution < -0.4 is 4.74 Å². The van der Waals surface area contributed by atoms with E-state index in [2.05, 4.69) is 14.9 Å². The lowest BCUT2D eigenvalue weighted by Crippen LogP contribution is -2.48. The van der Waals surface area contributed by atoms with Gasteiger partial charge in [-0.2, -0.15) is 0 Å². The second-order valence-electron chi connectivity index (χ2n) is 7.69. The quantitative estimate of drug-likeness (QED) is 0.536. The molecule has 1 aliphatic heterocycles. The van der Waals surface area contributed by atoms with Gasteiger partial charge in [0, 0.05) is 42.6 Å². The first-order valence-electron chi connectivity index (χ1n) is 10.4. The molecule has 0 atom stereocenters. The fraction of sp³-hybridized carbons (Fsp3) is 0.250. The number of oxazole rings is 1. The Bertz CT molecular complexity index is 1150. The van der Waals surface area contributed by atoms with Gasteiger partial charge in [-0.3, -0.25) is 9.69 Å². The molecule has 0 saturated carbocycles. The summed E-state index contributed by atoms with van der Waals surface area (Å²) in [6.45, 7) is 3.56. The number of carbonyl (C=O) groups is 1. The van der Waals surface area contributed by atoms with Gasteiger partial charge in [0.2, 0.25) is 5.89 Å². The van der Waals surface area contributed by atoms with Crippen LogP contribution in [-0.4, -0.2) is 59.0 Å². The minimum atomic E-state index is 0.0498. The van der Waals surface area contributed by atoms with Gasteiger partial charge in [0.1, 0.15) is 11.4 Å². The van der Waals surface area contributed by atoms with Crippen molar-refractivity contribution in [1.82, 2.24) is 19.8 Å². The van der Waals surface area contributed by atoms with E-state index in [9.17, 15) is 4.79 Å². The molecule has 0 aliphatic carbocycles. The zero-order chi connectivity index (χ0) is 21.2. The number of hydrogen-bond donors (Lipinski definition) is 1. The van der Waals surface area contributed by atoms with E-state index in [0.29, 0.717) is 31.2 Å². The Balaban J connectivity index is 1.18. The maximum atomic E-state index is 12.9. The zero-order valence-electron chi connectivity index (χ0n) is 17.4. The highest BCUT2D eigenvalue weighted by Crippen LogP contribution is 2.24. The SMILES string of the molecule is COc1ccc(-c2cnc(CN3CCN(C(=O)c4cc5ccccc5[nH]4)CC3)o2)cc1. The van der Waals surface area contributed by atoms with Crippen molar-refractivity contribution < 1.29 is 13.9 Å². The molecule has 0 spiro atoms. The third-order valence-corrected chi connectivity index (χ3v) is 5.71. The first kappa shape index (κ1) is 19.4. The predicted octanol–water partition coefficient (Wildman–Crippen LogP) is 3.79. The number of aromatic nitrogens is 2. The maximum Gasteiger partial charge on any atom is 0.270 e. The summed E-state index contributed by atoms with van der Waals surface area (Å²) in [6.07, 6.45) is 1.76. The van der Waals surface area contributed by atoms with Crippen molar-refractivity contribution in [2.45, 2.75) is 6.54 Å². The smallest absolute Gasteiger partial charge is 0.270 e. The molecular formula is C24H24N4O3. The van der Waals surface area contributed by atoms with E-state index in [1.54, 1.807) is 13.3 Å². The predicted molar refractivity (Wildman–Crippen MR) is 118 cm³/mol. The normalized spacial score (nSPS) is 14.8. The van der Waals surface area contributed by atoms with Gasteiger partial charge in [0.25, 0.3) is 5.91 Å². The number of methoxy groups -OCH3 is 1. The third-order valence-electron chi connectivity index (χ3n) is 5.71. The summed E-state index contributed by atoms with van der Waals surface area (Å²) in [4.78, 5) is 24.7. The van der Waals surface area contributed by atoms with E-state index in [1.165, 1.54) is 0 Å². The molecule has 2 aromatic carbocycles. The van der Waals surface area contributed by atoms with Crippen molar-refractivity contribution >= 4 is 16.8 Å². The van der Waals surface area contributed by atoms with Crippen LogP contribution in [0.3, 0.4) is 0 Å². The Morgan fingerprint density at radius 1 is 1.10 bits per heavy atom.